The fourth-order valence-electron chi connectivity index (χ4n) is 1.92. The molecule has 0 aromatic heterocycles. The summed E-state index contributed by atoms with van der Waals surface area (Å²) >= 11 is 3.39. The molecule has 0 saturated carbocycles. The van der Waals surface area contributed by atoms with Gasteiger partial charge < -0.3 is 10.1 Å². The van der Waals surface area contributed by atoms with E-state index >= 15 is 0 Å². The molecule has 0 unspecified atom stereocenters. The molecule has 0 saturated heterocycles. The number of amides is 1. The van der Waals surface area contributed by atoms with E-state index in [9.17, 15) is 4.79 Å². The minimum atomic E-state index is -0.453. The molecule has 0 heterocycles. The predicted octanol–water partition coefficient (Wildman–Crippen LogP) is 3.41. The molecule has 2 N–H and O–H groups in total. The Kier molecular flexibility index (Phi) is 6.17. The van der Waals surface area contributed by atoms with Gasteiger partial charge in [-0.1, -0.05) is 40.2 Å². The fourth-order valence-corrected chi connectivity index (χ4v) is 2.33. The van der Waals surface area contributed by atoms with Crippen molar-refractivity contribution >= 4 is 33.7 Å². The SMILES string of the molecule is COc1ccccc1N[C@@H](C)C(=O)N/N=C\c1cccc(Br)c1. The quantitative estimate of drug-likeness (QED) is 0.600. The van der Waals surface area contributed by atoms with Gasteiger partial charge in [0.2, 0.25) is 0 Å². The number of hydrogen-bond donors (Lipinski definition) is 2. The van der Waals surface area contributed by atoms with Crippen molar-refractivity contribution in [1.29, 1.82) is 0 Å². The summed E-state index contributed by atoms with van der Waals surface area (Å²) in [5.41, 5.74) is 4.17. The second-order valence-corrected chi connectivity index (χ2v) is 5.77. The molecule has 2 rings (SSSR count). The highest BCUT2D eigenvalue weighted by molar-refractivity contribution is 9.10. The lowest BCUT2D eigenvalue weighted by Crippen LogP contribution is -2.35. The lowest BCUT2D eigenvalue weighted by Gasteiger charge is -2.15. The first-order chi connectivity index (χ1) is 11.1. The average molecular weight is 376 g/mol. The monoisotopic (exact) mass is 375 g/mol. The topological polar surface area (TPSA) is 62.7 Å². The molecule has 6 heteroatoms. The van der Waals surface area contributed by atoms with Gasteiger partial charge in [0.15, 0.2) is 0 Å². The molecule has 23 heavy (non-hydrogen) atoms. The van der Waals surface area contributed by atoms with Crippen molar-refractivity contribution in [3.63, 3.8) is 0 Å². The number of hydrogen-bond acceptors (Lipinski definition) is 4. The van der Waals surface area contributed by atoms with Crippen LogP contribution in [0.5, 0.6) is 5.75 Å². The normalized spacial score (nSPS) is 12.0. The van der Waals surface area contributed by atoms with E-state index < -0.39 is 6.04 Å². The lowest BCUT2D eigenvalue weighted by molar-refractivity contribution is -0.121. The maximum atomic E-state index is 12.1. The molecule has 0 spiro atoms. The predicted molar refractivity (Wildman–Crippen MR) is 96.0 cm³/mol. The maximum absolute atomic E-state index is 12.1. The molecule has 0 aliphatic heterocycles. The summed E-state index contributed by atoms with van der Waals surface area (Å²) in [4.78, 5) is 12.1. The highest BCUT2D eigenvalue weighted by atomic mass is 79.9. The van der Waals surface area contributed by atoms with Crippen LogP contribution in [0.15, 0.2) is 58.1 Å². The second kappa shape index (κ2) is 8.33. The molecule has 0 fully saturated rings. The van der Waals surface area contributed by atoms with Gasteiger partial charge in [0.25, 0.3) is 5.91 Å². The first kappa shape index (κ1) is 17.0. The van der Waals surface area contributed by atoms with Crippen molar-refractivity contribution in [2.45, 2.75) is 13.0 Å². The number of anilines is 1. The first-order valence-corrected chi connectivity index (χ1v) is 7.87. The molecule has 2 aromatic rings. The molecule has 1 amide bonds. The Morgan fingerprint density at radius 2 is 2.04 bits per heavy atom. The van der Waals surface area contributed by atoms with Gasteiger partial charge in [-0.05, 0) is 36.8 Å². The number of para-hydroxylation sites is 2. The third-order valence-corrected chi connectivity index (χ3v) is 3.60. The number of nitrogens with zero attached hydrogens (tertiary/aromatic N) is 1. The third-order valence-electron chi connectivity index (χ3n) is 3.11. The van der Waals surface area contributed by atoms with E-state index in [-0.39, 0.29) is 5.91 Å². The Bertz CT molecular complexity index is 704. The molecular weight excluding hydrogens is 358 g/mol. The van der Waals surface area contributed by atoms with E-state index in [0.29, 0.717) is 5.75 Å². The number of ether oxygens (including phenoxy) is 1. The molecule has 0 aliphatic carbocycles. The van der Waals surface area contributed by atoms with Crippen LogP contribution in [-0.4, -0.2) is 25.3 Å². The van der Waals surface area contributed by atoms with Crippen LogP contribution in [0.3, 0.4) is 0 Å². The molecular formula is C17H18BrN3O2. The molecule has 5 nitrogen and oxygen atoms in total. The molecule has 0 radical (unpaired) electrons. The van der Waals surface area contributed by atoms with E-state index in [2.05, 4.69) is 31.8 Å². The minimum absolute atomic E-state index is 0.234. The van der Waals surface area contributed by atoms with Gasteiger partial charge in [-0.3, -0.25) is 4.79 Å². The summed E-state index contributed by atoms with van der Waals surface area (Å²) in [5, 5.41) is 7.07. The van der Waals surface area contributed by atoms with Crippen LogP contribution in [-0.2, 0) is 4.79 Å². The Morgan fingerprint density at radius 3 is 2.78 bits per heavy atom. The number of rotatable bonds is 6. The summed E-state index contributed by atoms with van der Waals surface area (Å²) in [6, 6.07) is 14.6. The Hall–Kier alpha value is -2.34. The third kappa shape index (κ3) is 5.10. The highest BCUT2D eigenvalue weighted by Gasteiger charge is 2.13. The Balaban J connectivity index is 1.92. The summed E-state index contributed by atoms with van der Waals surface area (Å²) < 4.78 is 6.21. The zero-order valence-corrected chi connectivity index (χ0v) is 14.5. The van der Waals surface area contributed by atoms with Gasteiger partial charge >= 0.3 is 0 Å². The largest absolute Gasteiger partial charge is 0.495 e. The van der Waals surface area contributed by atoms with Gasteiger partial charge in [-0.25, -0.2) is 5.43 Å². The summed E-state index contributed by atoms with van der Waals surface area (Å²) in [5.74, 6) is 0.451. The van der Waals surface area contributed by atoms with Crippen molar-refractivity contribution < 1.29 is 9.53 Å². The number of carbonyl (C=O) groups is 1. The second-order valence-electron chi connectivity index (χ2n) is 4.86. The first-order valence-electron chi connectivity index (χ1n) is 7.08. The zero-order chi connectivity index (χ0) is 16.7. The number of nitrogens with one attached hydrogen (secondary N) is 2. The molecule has 0 aliphatic rings. The fraction of sp³-hybridized carbons (Fsp3) is 0.176. The molecule has 1 atom stereocenters. The number of carbonyl (C=O) groups excluding carboxylic acids is 1. The Labute approximate surface area is 143 Å². The number of methoxy groups -OCH3 is 1. The maximum Gasteiger partial charge on any atom is 0.262 e. The van der Waals surface area contributed by atoms with Crippen LogP contribution in [0.4, 0.5) is 5.69 Å². The smallest absolute Gasteiger partial charge is 0.262 e. The molecule has 0 bridgehead atoms. The van der Waals surface area contributed by atoms with Gasteiger partial charge in [0, 0.05) is 4.47 Å². The van der Waals surface area contributed by atoms with Crippen LogP contribution in [0.25, 0.3) is 0 Å². The van der Waals surface area contributed by atoms with Crippen LogP contribution < -0.4 is 15.5 Å². The van der Waals surface area contributed by atoms with E-state index in [1.54, 1.807) is 20.2 Å². The number of benzene rings is 2. The van der Waals surface area contributed by atoms with Crippen molar-refractivity contribution in [3.8, 4) is 5.75 Å². The lowest BCUT2D eigenvalue weighted by atomic mass is 10.2. The average Bonchev–Trinajstić information content (AvgIpc) is 2.55. The zero-order valence-electron chi connectivity index (χ0n) is 12.9. The highest BCUT2D eigenvalue weighted by Crippen LogP contribution is 2.23. The van der Waals surface area contributed by atoms with Crippen molar-refractivity contribution in [1.82, 2.24) is 5.43 Å². The summed E-state index contributed by atoms with van der Waals surface area (Å²) in [6.45, 7) is 1.76. The van der Waals surface area contributed by atoms with Gasteiger partial charge in [0.1, 0.15) is 11.8 Å². The molecule has 2 aromatic carbocycles. The molecule has 120 valence electrons. The standard InChI is InChI=1S/C17H18BrN3O2/c1-12(20-15-8-3-4-9-16(15)23-2)17(22)21-19-11-13-6-5-7-14(18)10-13/h3-12,20H,1-2H3,(H,21,22)/b19-11-/t12-/m0/s1. The van der Waals surface area contributed by atoms with Gasteiger partial charge in [0.05, 0.1) is 19.0 Å². The van der Waals surface area contributed by atoms with Crippen LogP contribution in [0.1, 0.15) is 12.5 Å². The van der Waals surface area contributed by atoms with E-state index in [1.807, 2.05) is 48.5 Å². The summed E-state index contributed by atoms with van der Waals surface area (Å²) in [6.07, 6.45) is 1.60. The van der Waals surface area contributed by atoms with Crippen molar-refractivity contribution in [3.05, 3.63) is 58.6 Å². The van der Waals surface area contributed by atoms with E-state index in [4.69, 9.17) is 4.74 Å². The Morgan fingerprint density at radius 1 is 1.26 bits per heavy atom. The van der Waals surface area contributed by atoms with Gasteiger partial charge in [-0.15, -0.1) is 0 Å². The number of hydrazone groups is 1. The van der Waals surface area contributed by atoms with Crippen molar-refractivity contribution in [2.75, 3.05) is 12.4 Å². The van der Waals surface area contributed by atoms with Crippen LogP contribution >= 0.6 is 15.9 Å². The van der Waals surface area contributed by atoms with Crippen LogP contribution in [0.2, 0.25) is 0 Å². The van der Waals surface area contributed by atoms with Gasteiger partial charge in [-0.2, -0.15) is 5.10 Å². The van der Waals surface area contributed by atoms with Crippen LogP contribution in [0, 0.1) is 0 Å². The van der Waals surface area contributed by atoms with E-state index in [1.165, 1.54) is 0 Å². The van der Waals surface area contributed by atoms with Crippen molar-refractivity contribution in [2.24, 2.45) is 5.10 Å². The number of halogens is 1. The van der Waals surface area contributed by atoms with E-state index in [0.717, 1.165) is 15.7 Å². The minimum Gasteiger partial charge on any atom is -0.495 e. The summed E-state index contributed by atoms with van der Waals surface area (Å²) in [7, 11) is 1.59.